The van der Waals surface area contributed by atoms with Gasteiger partial charge in [0, 0.05) is 18.9 Å². The molecule has 1 amide bonds. The third-order valence-corrected chi connectivity index (χ3v) is 2.69. The number of nitrogens with zero attached hydrogens (tertiary/aromatic N) is 3. The van der Waals surface area contributed by atoms with Crippen molar-refractivity contribution in [2.24, 2.45) is 0 Å². The highest BCUT2D eigenvalue weighted by Crippen LogP contribution is 2.13. The highest BCUT2D eigenvalue weighted by Gasteiger charge is 2.14. The van der Waals surface area contributed by atoms with Crippen LogP contribution in [0.3, 0.4) is 0 Å². The lowest BCUT2D eigenvalue weighted by molar-refractivity contribution is 0.0944. The second kappa shape index (κ2) is 5.64. The Balaban J connectivity index is 2.01. The van der Waals surface area contributed by atoms with Gasteiger partial charge in [0.15, 0.2) is 5.69 Å². The van der Waals surface area contributed by atoms with Gasteiger partial charge in [0.25, 0.3) is 5.91 Å². The van der Waals surface area contributed by atoms with Gasteiger partial charge in [0.2, 0.25) is 0 Å². The summed E-state index contributed by atoms with van der Waals surface area (Å²) in [5.41, 5.74) is 1.03. The first-order chi connectivity index (χ1) is 8.70. The fraction of sp³-hybridized carbons (Fsp3) is 0.250. The van der Waals surface area contributed by atoms with E-state index in [4.69, 9.17) is 11.6 Å². The zero-order valence-corrected chi connectivity index (χ0v) is 10.7. The molecule has 94 valence electrons. The number of aryl methyl sites for hydroxylation is 1. The predicted octanol–water partition coefficient (Wildman–Crippen LogP) is 1.88. The average molecular weight is 265 g/mol. The fourth-order valence-electron chi connectivity index (χ4n) is 1.47. The molecule has 0 atom stereocenters. The number of nitrogens with one attached hydrogen (secondary N) is 1. The first kappa shape index (κ1) is 12.6. The minimum atomic E-state index is -0.294. The molecule has 0 saturated carbocycles. The van der Waals surface area contributed by atoms with Gasteiger partial charge in [0.05, 0.1) is 17.3 Å². The zero-order chi connectivity index (χ0) is 13.0. The summed E-state index contributed by atoms with van der Waals surface area (Å²) in [5.74, 6) is -0.294. The maximum Gasteiger partial charge on any atom is 0.273 e. The summed E-state index contributed by atoms with van der Waals surface area (Å²) in [6, 6.07) is 5.53. The number of pyridine rings is 1. The Morgan fingerprint density at radius 2 is 2.33 bits per heavy atom. The standard InChI is InChI=1S/C12H13ClN4O/c1-2-17-8-10(13)11(16-17)12(18)15-7-9-5-3-4-6-14-9/h3-6,8H,2,7H2,1H3,(H,15,18). The summed E-state index contributed by atoms with van der Waals surface area (Å²) in [4.78, 5) is 16.0. The van der Waals surface area contributed by atoms with Crippen LogP contribution in [0.15, 0.2) is 30.6 Å². The van der Waals surface area contributed by atoms with Gasteiger partial charge in [-0.3, -0.25) is 14.5 Å². The van der Waals surface area contributed by atoms with Crippen molar-refractivity contribution < 1.29 is 4.79 Å². The lowest BCUT2D eigenvalue weighted by atomic mass is 10.3. The number of rotatable bonds is 4. The minimum Gasteiger partial charge on any atom is -0.345 e. The zero-order valence-electron chi connectivity index (χ0n) is 9.93. The molecule has 0 saturated heterocycles. The second-order valence-electron chi connectivity index (χ2n) is 3.69. The smallest absolute Gasteiger partial charge is 0.273 e. The third-order valence-electron chi connectivity index (χ3n) is 2.41. The molecule has 2 heterocycles. The average Bonchev–Trinajstić information content (AvgIpc) is 2.78. The number of carbonyl (C=O) groups excluding carboxylic acids is 1. The van der Waals surface area contributed by atoms with Crippen LogP contribution in [0.1, 0.15) is 23.1 Å². The van der Waals surface area contributed by atoms with E-state index in [0.717, 1.165) is 5.69 Å². The minimum absolute atomic E-state index is 0.245. The van der Waals surface area contributed by atoms with Gasteiger partial charge < -0.3 is 5.32 Å². The number of aromatic nitrogens is 3. The molecule has 2 aromatic heterocycles. The van der Waals surface area contributed by atoms with Gasteiger partial charge in [-0.1, -0.05) is 17.7 Å². The largest absolute Gasteiger partial charge is 0.345 e. The van der Waals surface area contributed by atoms with E-state index in [2.05, 4.69) is 15.4 Å². The van der Waals surface area contributed by atoms with Gasteiger partial charge in [-0.25, -0.2) is 0 Å². The molecule has 5 nitrogen and oxygen atoms in total. The molecule has 18 heavy (non-hydrogen) atoms. The molecule has 0 aliphatic heterocycles. The molecule has 6 heteroatoms. The molecule has 2 aromatic rings. The summed E-state index contributed by atoms with van der Waals surface area (Å²) in [7, 11) is 0. The van der Waals surface area contributed by atoms with Crippen molar-refractivity contribution in [3.8, 4) is 0 Å². The van der Waals surface area contributed by atoms with E-state index in [1.54, 1.807) is 17.1 Å². The van der Waals surface area contributed by atoms with Crippen LogP contribution in [-0.4, -0.2) is 20.7 Å². The van der Waals surface area contributed by atoms with Gasteiger partial charge in [-0.05, 0) is 19.1 Å². The maximum atomic E-state index is 11.9. The Hall–Kier alpha value is -1.88. The van der Waals surface area contributed by atoms with Crippen molar-refractivity contribution >= 4 is 17.5 Å². The highest BCUT2D eigenvalue weighted by atomic mass is 35.5. The van der Waals surface area contributed by atoms with Crippen LogP contribution in [0.5, 0.6) is 0 Å². The van der Waals surface area contributed by atoms with Crippen molar-refractivity contribution in [2.45, 2.75) is 20.0 Å². The summed E-state index contributed by atoms with van der Waals surface area (Å²) >= 11 is 5.94. The Labute approximate surface area is 110 Å². The van der Waals surface area contributed by atoms with Gasteiger partial charge in [-0.15, -0.1) is 0 Å². The molecule has 1 N–H and O–H groups in total. The molecule has 0 bridgehead atoms. The number of halogens is 1. The first-order valence-electron chi connectivity index (χ1n) is 5.61. The molecular weight excluding hydrogens is 252 g/mol. The van der Waals surface area contributed by atoms with Gasteiger partial charge in [0.1, 0.15) is 0 Å². The molecule has 0 aliphatic rings. The number of amides is 1. The van der Waals surface area contributed by atoms with E-state index in [-0.39, 0.29) is 11.6 Å². The Morgan fingerprint density at radius 3 is 2.94 bits per heavy atom. The van der Waals surface area contributed by atoms with Crippen LogP contribution in [0, 0.1) is 0 Å². The summed E-state index contributed by atoms with van der Waals surface area (Å²) in [6.45, 7) is 2.96. The Bertz CT molecular complexity index is 538. The number of hydrogen-bond donors (Lipinski definition) is 1. The van der Waals surface area contributed by atoms with Crippen molar-refractivity contribution in [1.82, 2.24) is 20.1 Å². The van der Waals surface area contributed by atoms with Crippen LogP contribution in [0.2, 0.25) is 5.02 Å². The molecule has 0 aromatic carbocycles. The van der Waals surface area contributed by atoms with E-state index in [9.17, 15) is 4.79 Å². The summed E-state index contributed by atoms with van der Waals surface area (Å²) in [5, 5.41) is 7.18. The first-order valence-corrected chi connectivity index (χ1v) is 5.99. The summed E-state index contributed by atoms with van der Waals surface area (Å²) in [6.07, 6.45) is 3.32. The van der Waals surface area contributed by atoms with Gasteiger partial charge in [-0.2, -0.15) is 5.10 Å². The fourth-order valence-corrected chi connectivity index (χ4v) is 1.71. The number of hydrogen-bond acceptors (Lipinski definition) is 3. The quantitative estimate of drug-likeness (QED) is 0.917. The van der Waals surface area contributed by atoms with Crippen LogP contribution >= 0.6 is 11.6 Å². The van der Waals surface area contributed by atoms with Crippen molar-refractivity contribution in [1.29, 1.82) is 0 Å². The Morgan fingerprint density at radius 1 is 1.50 bits per heavy atom. The maximum absolute atomic E-state index is 11.9. The van der Waals surface area contributed by atoms with Crippen LogP contribution < -0.4 is 5.32 Å². The predicted molar refractivity (Wildman–Crippen MR) is 68.3 cm³/mol. The van der Waals surface area contributed by atoms with E-state index in [1.807, 2.05) is 25.1 Å². The molecule has 2 rings (SSSR count). The molecule has 0 radical (unpaired) electrons. The van der Waals surface area contributed by atoms with Crippen LogP contribution in [0.4, 0.5) is 0 Å². The molecule has 0 fully saturated rings. The van der Waals surface area contributed by atoms with Crippen molar-refractivity contribution in [2.75, 3.05) is 0 Å². The topological polar surface area (TPSA) is 59.8 Å². The lowest BCUT2D eigenvalue weighted by Crippen LogP contribution is -2.24. The summed E-state index contributed by atoms with van der Waals surface area (Å²) < 4.78 is 1.62. The Kier molecular flexibility index (Phi) is 3.94. The highest BCUT2D eigenvalue weighted by molar-refractivity contribution is 6.33. The third kappa shape index (κ3) is 2.87. The normalized spacial score (nSPS) is 10.3. The SMILES string of the molecule is CCn1cc(Cl)c(C(=O)NCc2ccccn2)n1. The monoisotopic (exact) mass is 264 g/mol. The molecule has 0 unspecified atom stereocenters. The van der Waals surface area contributed by atoms with E-state index in [1.165, 1.54) is 0 Å². The van der Waals surface area contributed by atoms with Crippen LogP contribution in [0.25, 0.3) is 0 Å². The van der Waals surface area contributed by atoms with Crippen molar-refractivity contribution in [3.63, 3.8) is 0 Å². The lowest BCUT2D eigenvalue weighted by Gasteiger charge is -2.02. The van der Waals surface area contributed by atoms with Crippen molar-refractivity contribution in [3.05, 3.63) is 47.0 Å². The van der Waals surface area contributed by atoms with E-state index in [0.29, 0.717) is 18.1 Å². The van der Waals surface area contributed by atoms with E-state index >= 15 is 0 Å². The molecular formula is C12H13ClN4O. The van der Waals surface area contributed by atoms with Crippen LogP contribution in [-0.2, 0) is 13.1 Å². The van der Waals surface area contributed by atoms with E-state index < -0.39 is 0 Å². The second-order valence-corrected chi connectivity index (χ2v) is 4.09. The number of carbonyl (C=O) groups is 1. The van der Waals surface area contributed by atoms with Gasteiger partial charge >= 0.3 is 0 Å². The molecule has 0 spiro atoms. The molecule has 0 aliphatic carbocycles.